The first-order chi connectivity index (χ1) is 7.18. The largest absolute Gasteiger partial charge is 0.370 e. The van der Waals surface area contributed by atoms with Gasteiger partial charge in [0.1, 0.15) is 5.82 Å². The van der Waals surface area contributed by atoms with E-state index >= 15 is 0 Å². The molecule has 3 nitrogen and oxygen atoms in total. The van der Waals surface area contributed by atoms with Crippen LogP contribution in [0, 0.1) is 5.92 Å². The molecule has 0 bridgehead atoms. The van der Waals surface area contributed by atoms with Gasteiger partial charge in [0.05, 0.1) is 5.69 Å². The first-order valence-corrected chi connectivity index (χ1v) is 5.97. The molecule has 0 saturated carbocycles. The highest BCUT2D eigenvalue weighted by atomic mass is 15.3. The second kappa shape index (κ2) is 4.25. The van der Waals surface area contributed by atoms with E-state index in [1.54, 1.807) is 0 Å². The lowest BCUT2D eigenvalue weighted by atomic mass is 10.0. The van der Waals surface area contributed by atoms with Gasteiger partial charge >= 0.3 is 0 Å². The Morgan fingerprint density at radius 2 is 2.20 bits per heavy atom. The van der Waals surface area contributed by atoms with Gasteiger partial charge in [-0.1, -0.05) is 13.8 Å². The Balaban J connectivity index is 2.31. The average Bonchev–Trinajstić information content (AvgIpc) is 2.40. The summed E-state index contributed by atoms with van der Waals surface area (Å²) < 4.78 is 2.01. The zero-order valence-corrected chi connectivity index (χ0v) is 10.0. The molecule has 2 rings (SSSR count). The van der Waals surface area contributed by atoms with Crippen LogP contribution in [-0.4, -0.2) is 16.3 Å². The van der Waals surface area contributed by atoms with Gasteiger partial charge in [-0.2, -0.15) is 5.10 Å². The number of fused-ring (bicyclic) bond motifs is 1. The van der Waals surface area contributed by atoms with E-state index in [4.69, 9.17) is 0 Å². The summed E-state index contributed by atoms with van der Waals surface area (Å²) in [6, 6.07) is 0. The van der Waals surface area contributed by atoms with Gasteiger partial charge in [0.15, 0.2) is 0 Å². The summed E-state index contributed by atoms with van der Waals surface area (Å²) in [7, 11) is 2.04. The Morgan fingerprint density at radius 3 is 2.93 bits per heavy atom. The second-order valence-electron chi connectivity index (χ2n) is 4.88. The summed E-state index contributed by atoms with van der Waals surface area (Å²) in [5, 5.41) is 8.12. The summed E-state index contributed by atoms with van der Waals surface area (Å²) in [4.78, 5) is 0. The Kier molecular flexibility index (Phi) is 2.98. The van der Waals surface area contributed by atoms with Crippen molar-refractivity contribution in [2.24, 2.45) is 13.0 Å². The summed E-state index contributed by atoms with van der Waals surface area (Å²) >= 11 is 0. The molecule has 1 aromatic heterocycles. The number of rotatable bonds is 2. The number of aryl methyl sites for hydroxylation is 1. The van der Waals surface area contributed by atoms with Gasteiger partial charge < -0.3 is 5.32 Å². The first-order valence-electron chi connectivity index (χ1n) is 5.97. The molecule has 0 aliphatic carbocycles. The zero-order chi connectivity index (χ0) is 10.8. The quantitative estimate of drug-likeness (QED) is 0.807. The van der Waals surface area contributed by atoms with Crippen molar-refractivity contribution >= 4 is 5.82 Å². The fraction of sp³-hybridized carbons (Fsp3) is 0.750. The van der Waals surface area contributed by atoms with E-state index in [0.717, 1.165) is 13.0 Å². The standard InChI is InChI=1S/C12H21N3/c1-9(2)8-11-10-6-4-5-7-13-12(10)15(3)14-11/h9,13H,4-8H2,1-3H3. The average molecular weight is 207 g/mol. The molecule has 0 fully saturated rings. The summed E-state index contributed by atoms with van der Waals surface area (Å²) in [5.74, 6) is 1.94. The molecule has 0 atom stereocenters. The van der Waals surface area contributed by atoms with Crippen LogP contribution < -0.4 is 5.32 Å². The Hall–Kier alpha value is -0.990. The molecule has 84 valence electrons. The van der Waals surface area contributed by atoms with Gasteiger partial charge in [0.2, 0.25) is 0 Å². The normalized spacial score (nSPS) is 16.0. The van der Waals surface area contributed by atoms with Gasteiger partial charge in [0, 0.05) is 19.2 Å². The van der Waals surface area contributed by atoms with Crippen LogP contribution in [0.5, 0.6) is 0 Å². The van der Waals surface area contributed by atoms with Gasteiger partial charge in [-0.3, -0.25) is 4.68 Å². The SMILES string of the molecule is CC(C)Cc1nn(C)c2c1CCCCN2. The predicted octanol–water partition coefficient (Wildman–Crippen LogP) is 2.37. The number of aromatic nitrogens is 2. The minimum atomic E-state index is 0.687. The summed E-state index contributed by atoms with van der Waals surface area (Å²) in [5.41, 5.74) is 2.76. The lowest BCUT2D eigenvalue weighted by molar-refractivity contribution is 0.615. The molecule has 1 aliphatic heterocycles. The second-order valence-corrected chi connectivity index (χ2v) is 4.88. The van der Waals surface area contributed by atoms with E-state index < -0.39 is 0 Å². The molecule has 0 aromatic carbocycles. The molecular weight excluding hydrogens is 186 g/mol. The number of anilines is 1. The fourth-order valence-electron chi connectivity index (χ4n) is 2.29. The van der Waals surface area contributed by atoms with Crippen LogP contribution >= 0.6 is 0 Å². The zero-order valence-electron chi connectivity index (χ0n) is 10.0. The molecule has 0 saturated heterocycles. The van der Waals surface area contributed by atoms with Crippen LogP contribution in [0.15, 0.2) is 0 Å². The Labute approximate surface area is 91.9 Å². The first kappa shape index (κ1) is 10.5. The highest BCUT2D eigenvalue weighted by Gasteiger charge is 2.18. The summed E-state index contributed by atoms with van der Waals surface area (Å²) in [6.45, 7) is 5.60. The van der Waals surface area contributed by atoms with Crippen LogP contribution in [0.4, 0.5) is 5.82 Å². The number of hydrogen-bond donors (Lipinski definition) is 1. The molecule has 1 aliphatic rings. The van der Waals surface area contributed by atoms with E-state index in [1.165, 1.54) is 36.3 Å². The Bertz CT molecular complexity index is 339. The van der Waals surface area contributed by atoms with Crippen molar-refractivity contribution in [3.8, 4) is 0 Å². The number of nitrogens with one attached hydrogen (secondary N) is 1. The predicted molar refractivity (Wildman–Crippen MR) is 63.2 cm³/mol. The lowest BCUT2D eigenvalue weighted by Crippen LogP contribution is -2.04. The molecule has 0 amide bonds. The fourth-order valence-corrected chi connectivity index (χ4v) is 2.29. The van der Waals surface area contributed by atoms with E-state index in [-0.39, 0.29) is 0 Å². The third-order valence-electron chi connectivity index (χ3n) is 2.98. The summed E-state index contributed by atoms with van der Waals surface area (Å²) in [6.07, 6.45) is 4.86. The van der Waals surface area contributed by atoms with Gasteiger partial charge in [-0.05, 0) is 31.6 Å². The molecule has 2 heterocycles. The maximum Gasteiger partial charge on any atom is 0.127 e. The molecular formula is C12H21N3. The topological polar surface area (TPSA) is 29.9 Å². The maximum atomic E-state index is 4.63. The van der Waals surface area contributed by atoms with Gasteiger partial charge in [-0.25, -0.2) is 0 Å². The van der Waals surface area contributed by atoms with E-state index in [9.17, 15) is 0 Å². The monoisotopic (exact) mass is 207 g/mol. The molecule has 0 unspecified atom stereocenters. The van der Waals surface area contributed by atoms with Crippen molar-refractivity contribution in [2.75, 3.05) is 11.9 Å². The van der Waals surface area contributed by atoms with E-state index in [0.29, 0.717) is 5.92 Å². The van der Waals surface area contributed by atoms with Crippen LogP contribution in [0.2, 0.25) is 0 Å². The van der Waals surface area contributed by atoms with Gasteiger partial charge in [-0.15, -0.1) is 0 Å². The van der Waals surface area contributed by atoms with E-state index in [2.05, 4.69) is 24.3 Å². The van der Waals surface area contributed by atoms with Crippen molar-refractivity contribution in [2.45, 2.75) is 39.5 Å². The molecule has 15 heavy (non-hydrogen) atoms. The third kappa shape index (κ3) is 2.16. The van der Waals surface area contributed by atoms with E-state index in [1.807, 2.05) is 11.7 Å². The minimum absolute atomic E-state index is 0.687. The van der Waals surface area contributed by atoms with Crippen molar-refractivity contribution < 1.29 is 0 Å². The third-order valence-corrected chi connectivity index (χ3v) is 2.98. The van der Waals surface area contributed by atoms with Crippen molar-refractivity contribution in [3.63, 3.8) is 0 Å². The molecule has 1 N–H and O–H groups in total. The smallest absolute Gasteiger partial charge is 0.127 e. The highest BCUT2D eigenvalue weighted by Crippen LogP contribution is 2.25. The Morgan fingerprint density at radius 1 is 1.40 bits per heavy atom. The molecule has 0 radical (unpaired) electrons. The number of nitrogens with zero attached hydrogens (tertiary/aromatic N) is 2. The van der Waals surface area contributed by atoms with Gasteiger partial charge in [0.25, 0.3) is 0 Å². The van der Waals surface area contributed by atoms with Crippen LogP contribution in [-0.2, 0) is 19.9 Å². The molecule has 3 heteroatoms. The van der Waals surface area contributed by atoms with Crippen molar-refractivity contribution in [1.82, 2.24) is 9.78 Å². The molecule has 1 aromatic rings. The maximum absolute atomic E-state index is 4.63. The van der Waals surface area contributed by atoms with Crippen LogP contribution in [0.25, 0.3) is 0 Å². The lowest BCUT2D eigenvalue weighted by Gasteiger charge is -2.04. The molecule has 0 spiro atoms. The van der Waals surface area contributed by atoms with Crippen molar-refractivity contribution in [1.29, 1.82) is 0 Å². The number of hydrogen-bond acceptors (Lipinski definition) is 2. The van der Waals surface area contributed by atoms with Crippen LogP contribution in [0.1, 0.15) is 37.9 Å². The van der Waals surface area contributed by atoms with Crippen LogP contribution in [0.3, 0.4) is 0 Å². The minimum Gasteiger partial charge on any atom is -0.370 e. The highest BCUT2D eigenvalue weighted by molar-refractivity contribution is 5.48. The van der Waals surface area contributed by atoms with Crippen molar-refractivity contribution in [3.05, 3.63) is 11.3 Å².